The zero-order chi connectivity index (χ0) is 9.78. The van der Waals surface area contributed by atoms with Gasteiger partial charge in [0.25, 0.3) is 0 Å². The van der Waals surface area contributed by atoms with Gasteiger partial charge in [0, 0.05) is 0 Å². The maximum absolute atomic E-state index is 8.24. The minimum absolute atomic E-state index is 0.518. The van der Waals surface area contributed by atoms with Crippen LogP contribution in [0.25, 0.3) is 0 Å². The first-order valence-corrected chi connectivity index (χ1v) is 4.69. The fourth-order valence-corrected chi connectivity index (χ4v) is 0.905. The number of unbranched alkanes of at least 4 members (excludes halogenated alkanes) is 2. The van der Waals surface area contributed by atoms with E-state index in [-0.39, 0.29) is 0 Å². The molecule has 0 N–H and O–H groups in total. The molecule has 0 heterocycles. The average molecular weight is 175 g/mol. The Morgan fingerprint density at radius 3 is 2.54 bits per heavy atom. The number of nitrogens with zero attached hydrogens (tertiary/aromatic N) is 1. The fraction of sp³-hybridized carbons (Fsp3) is 0.417. The second-order valence-corrected chi connectivity index (χ2v) is 2.76. The zero-order valence-corrected chi connectivity index (χ0v) is 8.08. The summed E-state index contributed by atoms with van der Waals surface area (Å²) in [5.41, 5.74) is 0. The van der Waals surface area contributed by atoms with Gasteiger partial charge in [-0.05, 0) is 25.7 Å². The van der Waals surface area contributed by atoms with Crippen LogP contribution in [0.2, 0.25) is 0 Å². The molecule has 13 heavy (non-hydrogen) atoms. The molecule has 1 heteroatoms. The molecule has 70 valence electrons. The van der Waals surface area contributed by atoms with Crippen LogP contribution >= 0.6 is 0 Å². The van der Waals surface area contributed by atoms with Crippen LogP contribution in [-0.2, 0) is 0 Å². The third-order valence-corrected chi connectivity index (χ3v) is 1.59. The first-order valence-electron chi connectivity index (χ1n) is 4.69. The molecule has 1 nitrogen and oxygen atoms in total. The van der Waals surface area contributed by atoms with Gasteiger partial charge in [-0.3, -0.25) is 0 Å². The van der Waals surface area contributed by atoms with Crippen molar-refractivity contribution in [3.05, 3.63) is 37.0 Å². The topological polar surface area (TPSA) is 23.8 Å². The number of hydrogen-bond donors (Lipinski definition) is 0. The van der Waals surface area contributed by atoms with Crippen molar-refractivity contribution in [2.45, 2.75) is 32.1 Å². The summed E-state index contributed by atoms with van der Waals surface area (Å²) in [6.45, 7) is 3.66. The lowest BCUT2D eigenvalue weighted by atomic mass is 10.2. The third-order valence-electron chi connectivity index (χ3n) is 1.59. The van der Waals surface area contributed by atoms with Gasteiger partial charge in [-0.15, -0.1) is 6.58 Å². The highest BCUT2D eigenvalue weighted by molar-refractivity contribution is 4.96. The molecule has 0 aliphatic carbocycles. The van der Waals surface area contributed by atoms with Crippen LogP contribution in [-0.4, -0.2) is 0 Å². The van der Waals surface area contributed by atoms with Gasteiger partial charge in [-0.25, -0.2) is 0 Å². The minimum atomic E-state index is 0.518. The van der Waals surface area contributed by atoms with Crippen molar-refractivity contribution in [1.82, 2.24) is 0 Å². The van der Waals surface area contributed by atoms with Gasteiger partial charge < -0.3 is 0 Å². The fourth-order valence-electron chi connectivity index (χ4n) is 0.905. The molecule has 0 radical (unpaired) electrons. The molecule has 0 saturated heterocycles. The van der Waals surface area contributed by atoms with Crippen molar-refractivity contribution in [2.24, 2.45) is 0 Å². The molecule has 0 atom stereocenters. The molecule has 0 rings (SSSR count). The van der Waals surface area contributed by atoms with Gasteiger partial charge in [-0.1, -0.05) is 30.4 Å². The molecule has 0 aromatic heterocycles. The largest absolute Gasteiger partial charge is 0.198 e. The number of allylic oxidation sites excluding steroid dienone is 5. The van der Waals surface area contributed by atoms with Crippen LogP contribution in [0, 0.1) is 11.3 Å². The summed E-state index contributed by atoms with van der Waals surface area (Å²) in [6.07, 6.45) is 15.0. The first kappa shape index (κ1) is 11.7. The lowest BCUT2D eigenvalue weighted by molar-refractivity contribution is 0.867. The van der Waals surface area contributed by atoms with Gasteiger partial charge in [0.1, 0.15) is 0 Å². The number of nitriles is 1. The summed E-state index contributed by atoms with van der Waals surface area (Å²) in [6, 6.07) is 2.06. The number of hydrogen-bond acceptors (Lipinski definition) is 1. The highest BCUT2D eigenvalue weighted by Gasteiger charge is 1.78. The summed E-state index contributed by atoms with van der Waals surface area (Å²) >= 11 is 0. The first-order chi connectivity index (χ1) is 6.41. The SMILES string of the molecule is C=CCCC/C=C/C/C=C/CC#N. The maximum atomic E-state index is 8.24. The Bertz CT molecular complexity index is 206. The van der Waals surface area contributed by atoms with Crippen molar-refractivity contribution in [2.75, 3.05) is 0 Å². The van der Waals surface area contributed by atoms with E-state index in [1.165, 1.54) is 6.42 Å². The van der Waals surface area contributed by atoms with Gasteiger partial charge >= 0.3 is 0 Å². The lowest BCUT2D eigenvalue weighted by Gasteiger charge is -1.87. The van der Waals surface area contributed by atoms with E-state index >= 15 is 0 Å². The maximum Gasteiger partial charge on any atom is 0.0663 e. The van der Waals surface area contributed by atoms with Crippen LogP contribution in [0.4, 0.5) is 0 Å². The quantitative estimate of drug-likeness (QED) is 0.427. The predicted molar refractivity (Wildman–Crippen MR) is 57.2 cm³/mol. The van der Waals surface area contributed by atoms with Crippen LogP contribution in [0.3, 0.4) is 0 Å². The van der Waals surface area contributed by atoms with Crippen molar-refractivity contribution in [3.8, 4) is 6.07 Å². The summed E-state index contributed by atoms with van der Waals surface area (Å²) < 4.78 is 0. The zero-order valence-electron chi connectivity index (χ0n) is 8.08. The predicted octanol–water partition coefficient (Wildman–Crippen LogP) is 3.76. The van der Waals surface area contributed by atoms with Gasteiger partial charge in [0.15, 0.2) is 0 Å². The Hall–Kier alpha value is -1.29. The van der Waals surface area contributed by atoms with Gasteiger partial charge in [0.2, 0.25) is 0 Å². The Kier molecular flexibility index (Phi) is 9.65. The average Bonchev–Trinajstić information content (AvgIpc) is 2.16. The number of rotatable bonds is 7. The molecule has 0 fully saturated rings. The monoisotopic (exact) mass is 175 g/mol. The van der Waals surface area contributed by atoms with E-state index in [2.05, 4.69) is 24.8 Å². The highest BCUT2D eigenvalue weighted by atomic mass is 14.2. The van der Waals surface area contributed by atoms with E-state index in [1.54, 1.807) is 0 Å². The molecular formula is C12H17N. The molecule has 0 saturated carbocycles. The van der Waals surface area contributed by atoms with Crippen LogP contribution < -0.4 is 0 Å². The molecule has 0 amide bonds. The normalized spacial score (nSPS) is 10.7. The van der Waals surface area contributed by atoms with Crippen molar-refractivity contribution < 1.29 is 0 Å². The van der Waals surface area contributed by atoms with E-state index in [0.717, 1.165) is 19.3 Å². The van der Waals surface area contributed by atoms with Crippen LogP contribution in [0.15, 0.2) is 37.0 Å². The van der Waals surface area contributed by atoms with Gasteiger partial charge in [-0.2, -0.15) is 5.26 Å². The molecule has 0 aromatic carbocycles. The Labute approximate surface area is 81.1 Å². The highest BCUT2D eigenvalue weighted by Crippen LogP contribution is 1.98. The second-order valence-electron chi connectivity index (χ2n) is 2.76. The van der Waals surface area contributed by atoms with Crippen molar-refractivity contribution >= 4 is 0 Å². The van der Waals surface area contributed by atoms with Crippen molar-refractivity contribution in [3.63, 3.8) is 0 Å². The van der Waals surface area contributed by atoms with Crippen molar-refractivity contribution in [1.29, 1.82) is 5.26 Å². The van der Waals surface area contributed by atoms with E-state index < -0.39 is 0 Å². The van der Waals surface area contributed by atoms with E-state index in [4.69, 9.17) is 5.26 Å². The molecule has 0 bridgehead atoms. The van der Waals surface area contributed by atoms with Gasteiger partial charge in [0.05, 0.1) is 12.5 Å². The molecule has 0 unspecified atom stereocenters. The standard InChI is InChI=1S/C12H17N/c1-2-3-4-5-6-7-8-9-10-11-12-13/h2,6-7,9-10H,1,3-5,8,11H2/b7-6+,10-9+. The lowest BCUT2D eigenvalue weighted by Crippen LogP contribution is -1.67. The smallest absolute Gasteiger partial charge is 0.0663 e. The Balaban J connectivity index is 3.22. The Morgan fingerprint density at radius 1 is 1.08 bits per heavy atom. The Morgan fingerprint density at radius 2 is 1.85 bits per heavy atom. The van der Waals surface area contributed by atoms with E-state index in [1.807, 2.05) is 18.2 Å². The van der Waals surface area contributed by atoms with E-state index in [0.29, 0.717) is 6.42 Å². The summed E-state index contributed by atoms with van der Waals surface area (Å²) in [5.74, 6) is 0. The van der Waals surface area contributed by atoms with Crippen LogP contribution in [0.5, 0.6) is 0 Å². The molecular weight excluding hydrogens is 158 g/mol. The molecule has 0 aliphatic rings. The third kappa shape index (κ3) is 10.7. The summed E-state index contributed by atoms with van der Waals surface area (Å²) in [7, 11) is 0. The van der Waals surface area contributed by atoms with E-state index in [9.17, 15) is 0 Å². The summed E-state index contributed by atoms with van der Waals surface area (Å²) in [5, 5.41) is 8.24. The van der Waals surface area contributed by atoms with Crippen LogP contribution in [0.1, 0.15) is 32.1 Å². The second kappa shape index (κ2) is 10.7. The summed E-state index contributed by atoms with van der Waals surface area (Å²) in [4.78, 5) is 0. The molecule has 0 spiro atoms. The minimum Gasteiger partial charge on any atom is -0.198 e. The molecule has 0 aliphatic heterocycles. The molecule has 0 aromatic rings.